The summed E-state index contributed by atoms with van der Waals surface area (Å²) in [5.41, 5.74) is 0.399. The molecule has 17 heavy (non-hydrogen) atoms. The predicted molar refractivity (Wildman–Crippen MR) is 68.0 cm³/mol. The first-order valence-corrected chi connectivity index (χ1v) is 6.52. The number of alkyl halides is 1. The smallest absolute Gasteiger partial charge is 0.129 e. The molecule has 0 saturated carbocycles. The number of benzene rings is 1. The summed E-state index contributed by atoms with van der Waals surface area (Å²) in [6.07, 6.45) is 0.310. The molecule has 0 spiro atoms. The number of rotatable bonds is 3. The summed E-state index contributed by atoms with van der Waals surface area (Å²) in [6, 6.07) is 7.06. The molecule has 0 bridgehead atoms. The Balaban J connectivity index is 2.15. The average molecular weight is 293 g/mol. The van der Waals surface area contributed by atoms with E-state index in [1.54, 1.807) is 6.07 Å². The van der Waals surface area contributed by atoms with Gasteiger partial charge in [-0.2, -0.15) is 0 Å². The van der Waals surface area contributed by atoms with Crippen molar-refractivity contribution in [3.8, 4) is 0 Å². The zero-order chi connectivity index (χ0) is 12.4. The van der Waals surface area contributed by atoms with Crippen LogP contribution in [0, 0.1) is 11.6 Å². The first-order valence-electron chi connectivity index (χ1n) is 4.89. The lowest BCUT2D eigenvalue weighted by Gasteiger charge is -2.08. The van der Waals surface area contributed by atoms with E-state index >= 15 is 0 Å². The molecule has 0 aliphatic rings. The van der Waals surface area contributed by atoms with E-state index in [0.717, 1.165) is 10.9 Å². The van der Waals surface area contributed by atoms with Gasteiger partial charge in [0.2, 0.25) is 0 Å². The highest BCUT2D eigenvalue weighted by atomic mass is 35.5. The third-order valence-corrected chi connectivity index (χ3v) is 4.18. The summed E-state index contributed by atoms with van der Waals surface area (Å²) >= 11 is 13.3. The number of hydrogen-bond donors (Lipinski definition) is 0. The van der Waals surface area contributed by atoms with Gasteiger partial charge >= 0.3 is 0 Å². The van der Waals surface area contributed by atoms with Crippen LogP contribution in [0.1, 0.15) is 15.8 Å². The Morgan fingerprint density at radius 1 is 1.18 bits per heavy atom. The number of hydrogen-bond acceptors (Lipinski definition) is 1. The standard InChI is InChI=1S/C12H8Cl2F2S/c13-9(11-3-4-12(14)17-11)5-7-1-2-8(15)6-10(7)16/h1-4,6,9H,5H2. The van der Waals surface area contributed by atoms with E-state index < -0.39 is 11.6 Å². The summed E-state index contributed by atoms with van der Waals surface area (Å²) in [5.74, 6) is -1.16. The molecule has 1 heterocycles. The molecule has 1 unspecified atom stereocenters. The number of thiophene rings is 1. The lowest BCUT2D eigenvalue weighted by atomic mass is 10.1. The van der Waals surface area contributed by atoms with Gasteiger partial charge in [0, 0.05) is 10.9 Å². The van der Waals surface area contributed by atoms with Crippen molar-refractivity contribution in [2.75, 3.05) is 0 Å². The van der Waals surface area contributed by atoms with Crippen LogP contribution in [0.3, 0.4) is 0 Å². The van der Waals surface area contributed by atoms with Gasteiger partial charge < -0.3 is 0 Å². The molecule has 2 aromatic rings. The fraction of sp³-hybridized carbons (Fsp3) is 0.167. The lowest BCUT2D eigenvalue weighted by molar-refractivity contribution is 0.571. The molecule has 1 aromatic carbocycles. The Kier molecular flexibility index (Phi) is 4.02. The molecule has 0 amide bonds. The van der Waals surface area contributed by atoms with E-state index in [9.17, 15) is 8.78 Å². The topological polar surface area (TPSA) is 0 Å². The SMILES string of the molecule is Fc1ccc(CC(Cl)c2ccc(Cl)s2)c(F)c1. The highest BCUT2D eigenvalue weighted by Crippen LogP contribution is 2.33. The van der Waals surface area contributed by atoms with E-state index in [4.69, 9.17) is 23.2 Å². The summed E-state index contributed by atoms with van der Waals surface area (Å²) < 4.78 is 26.8. The Labute approximate surface area is 112 Å². The number of halogens is 4. The maximum atomic E-state index is 13.4. The quantitative estimate of drug-likeness (QED) is 0.682. The minimum absolute atomic E-state index is 0.310. The first-order chi connectivity index (χ1) is 8.06. The van der Waals surface area contributed by atoms with Crippen LogP contribution >= 0.6 is 34.5 Å². The van der Waals surface area contributed by atoms with Crippen LogP contribution in [0.2, 0.25) is 4.34 Å². The zero-order valence-electron chi connectivity index (χ0n) is 8.59. The monoisotopic (exact) mass is 292 g/mol. The Bertz CT molecular complexity index is 525. The van der Waals surface area contributed by atoms with Crippen molar-refractivity contribution >= 4 is 34.5 Å². The van der Waals surface area contributed by atoms with Gasteiger partial charge in [-0.05, 0) is 30.2 Å². The molecule has 0 aliphatic carbocycles. The second-order valence-corrected chi connectivity index (χ2v) is 5.82. The Morgan fingerprint density at radius 3 is 2.53 bits per heavy atom. The van der Waals surface area contributed by atoms with Crippen molar-refractivity contribution < 1.29 is 8.78 Å². The van der Waals surface area contributed by atoms with Crippen LogP contribution in [-0.2, 0) is 6.42 Å². The van der Waals surface area contributed by atoms with E-state index in [1.807, 2.05) is 6.07 Å². The highest BCUT2D eigenvalue weighted by Gasteiger charge is 2.14. The van der Waals surface area contributed by atoms with Crippen LogP contribution in [0.25, 0.3) is 0 Å². The maximum absolute atomic E-state index is 13.4. The lowest BCUT2D eigenvalue weighted by Crippen LogP contribution is -1.97. The maximum Gasteiger partial charge on any atom is 0.129 e. The molecule has 90 valence electrons. The molecule has 0 fully saturated rings. The normalized spacial score (nSPS) is 12.7. The molecule has 1 aromatic heterocycles. The van der Waals surface area contributed by atoms with Crippen LogP contribution in [0.4, 0.5) is 8.78 Å². The minimum atomic E-state index is -0.587. The van der Waals surface area contributed by atoms with Crippen LogP contribution in [0.5, 0.6) is 0 Å². The molecule has 1 atom stereocenters. The molecular weight excluding hydrogens is 285 g/mol. The third kappa shape index (κ3) is 3.18. The van der Waals surface area contributed by atoms with Gasteiger partial charge in [0.25, 0.3) is 0 Å². The van der Waals surface area contributed by atoms with Crippen molar-refractivity contribution in [2.24, 2.45) is 0 Å². The second kappa shape index (κ2) is 5.34. The molecule has 0 saturated heterocycles. The van der Waals surface area contributed by atoms with Crippen LogP contribution < -0.4 is 0 Å². The van der Waals surface area contributed by atoms with Crippen LogP contribution in [-0.4, -0.2) is 0 Å². The van der Waals surface area contributed by atoms with Crippen molar-refractivity contribution in [3.63, 3.8) is 0 Å². The van der Waals surface area contributed by atoms with Gasteiger partial charge in [0.1, 0.15) is 11.6 Å². The van der Waals surface area contributed by atoms with Crippen molar-refractivity contribution in [1.82, 2.24) is 0 Å². The third-order valence-electron chi connectivity index (χ3n) is 2.32. The van der Waals surface area contributed by atoms with Gasteiger partial charge in [-0.1, -0.05) is 17.7 Å². The molecule has 0 radical (unpaired) electrons. The fourth-order valence-electron chi connectivity index (χ4n) is 1.48. The van der Waals surface area contributed by atoms with Gasteiger partial charge in [-0.25, -0.2) is 8.78 Å². The Hall–Kier alpha value is -0.640. The van der Waals surface area contributed by atoms with Crippen molar-refractivity contribution in [2.45, 2.75) is 11.8 Å². The van der Waals surface area contributed by atoms with E-state index in [1.165, 1.54) is 23.5 Å². The van der Waals surface area contributed by atoms with Crippen LogP contribution in [0.15, 0.2) is 30.3 Å². The largest absolute Gasteiger partial charge is 0.207 e. The summed E-state index contributed by atoms with van der Waals surface area (Å²) in [7, 11) is 0. The first kappa shape index (κ1) is 12.8. The van der Waals surface area contributed by atoms with Gasteiger partial charge in [-0.3, -0.25) is 0 Å². The van der Waals surface area contributed by atoms with E-state index in [2.05, 4.69) is 0 Å². The molecule has 0 aliphatic heterocycles. The van der Waals surface area contributed by atoms with Crippen molar-refractivity contribution in [1.29, 1.82) is 0 Å². The zero-order valence-corrected chi connectivity index (χ0v) is 10.9. The summed E-state index contributed by atoms with van der Waals surface area (Å²) in [6.45, 7) is 0. The molecule has 2 rings (SSSR count). The molecule has 5 heteroatoms. The molecule has 0 N–H and O–H groups in total. The van der Waals surface area contributed by atoms with Crippen molar-refractivity contribution in [3.05, 3.63) is 56.7 Å². The Morgan fingerprint density at radius 2 is 1.94 bits per heavy atom. The van der Waals surface area contributed by atoms with E-state index in [-0.39, 0.29) is 5.38 Å². The summed E-state index contributed by atoms with van der Waals surface area (Å²) in [5, 5.41) is -0.354. The highest BCUT2D eigenvalue weighted by molar-refractivity contribution is 7.16. The average Bonchev–Trinajstić information content (AvgIpc) is 2.69. The summed E-state index contributed by atoms with van der Waals surface area (Å²) in [4.78, 5) is 0.875. The second-order valence-electron chi connectivity index (χ2n) is 3.55. The minimum Gasteiger partial charge on any atom is -0.207 e. The predicted octanol–water partition coefficient (Wildman–Crippen LogP) is 5.20. The molecule has 0 nitrogen and oxygen atoms in total. The van der Waals surface area contributed by atoms with Gasteiger partial charge in [-0.15, -0.1) is 22.9 Å². The molecular formula is C12H8Cl2F2S. The van der Waals surface area contributed by atoms with E-state index in [0.29, 0.717) is 16.3 Å². The van der Waals surface area contributed by atoms with Gasteiger partial charge in [0.15, 0.2) is 0 Å². The van der Waals surface area contributed by atoms with Gasteiger partial charge in [0.05, 0.1) is 9.71 Å². The fourth-order valence-corrected chi connectivity index (χ4v) is 2.89.